The molecule has 2 nitrogen and oxygen atoms in total. The van der Waals surface area contributed by atoms with E-state index in [1.165, 1.54) is 25.7 Å². The van der Waals surface area contributed by atoms with E-state index in [4.69, 9.17) is 10.5 Å². The lowest BCUT2D eigenvalue weighted by molar-refractivity contribution is -0.0532. The van der Waals surface area contributed by atoms with Gasteiger partial charge in [-0.15, -0.1) is 0 Å². The minimum absolute atomic E-state index is 0.0502. The van der Waals surface area contributed by atoms with Crippen LogP contribution in [0.3, 0.4) is 0 Å². The van der Waals surface area contributed by atoms with Crippen molar-refractivity contribution >= 4 is 0 Å². The van der Waals surface area contributed by atoms with Crippen molar-refractivity contribution in [2.24, 2.45) is 11.7 Å². The SMILES string of the molecule is CCOC(C)(CCN)CC1CCC1. The van der Waals surface area contributed by atoms with Gasteiger partial charge in [-0.2, -0.15) is 0 Å². The summed E-state index contributed by atoms with van der Waals surface area (Å²) in [4.78, 5) is 0. The fourth-order valence-corrected chi connectivity index (χ4v) is 2.19. The molecule has 0 aromatic rings. The molecule has 0 saturated heterocycles. The van der Waals surface area contributed by atoms with Gasteiger partial charge in [-0.05, 0) is 39.2 Å². The second-order valence-corrected chi connectivity index (χ2v) is 4.42. The van der Waals surface area contributed by atoms with Crippen LogP contribution >= 0.6 is 0 Å². The van der Waals surface area contributed by atoms with Crippen LogP contribution in [0.15, 0.2) is 0 Å². The van der Waals surface area contributed by atoms with Gasteiger partial charge in [0.05, 0.1) is 5.60 Å². The van der Waals surface area contributed by atoms with E-state index in [-0.39, 0.29) is 5.60 Å². The molecule has 0 aliphatic heterocycles. The zero-order chi connectivity index (χ0) is 9.73. The Morgan fingerprint density at radius 3 is 2.54 bits per heavy atom. The molecule has 1 rings (SSSR count). The minimum Gasteiger partial charge on any atom is -0.376 e. The number of ether oxygens (including phenoxy) is 1. The lowest BCUT2D eigenvalue weighted by atomic mass is 9.77. The molecule has 0 spiro atoms. The zero-order valence-corrected chi connectivity index (χ0v) is 9.01. The van der Waals surface area contributed by atoms with Crippen LogP contribution in [-0.2, 0) is 4.74 Å². The van der Waals surface area contributed by atoms with E-state index in [9.17, 15) is 0 Å². The summed E-state index contributed by atoms with van der Waals surface area (Å²) in [6, 6.07) is 0. The molecule has 13 heavy (non-hydrogen) atoms. The number of rotatable bonds is 6. The predicted molar refractivity (Wildman–Crippen MR) is 55.7 cm³/mol. The van der Waals surface area contributed by atoms with Crippen LogP contribution in [0.2, 0.25) is 0 Å². The highest BCUT2D eigenvalue weighted by Gasteiger charge is 2.30. The Kier molecular flexibility index (Phi) is 4.20. The molecule has 2 heteroatoms. The van der Waals surface area contributed by atoms with Crippen molar-refractivity contribution in [3.63, 3.8) is 0 Å². The molecule has 0 bridgehead atoms. The van der Waals surface area contributed by atoms with E-state index in [1.54, 1.807) is 0 Å². The Balaban J connectivity index is 2.34. The van der Waals surface area contributed by atoms with Crippen LogP contribution in [0.25, 0.3) is 0 Å². The molecule has 1 saturated carbocycles. The fraction of sp³-hybridized carbons (Fsp3) is 1.00. The van der Waals surface area contributed by atoms with E-state index in [0.29, 0.717) is 0 Å². The smallest absolute Gasteiger partial charge is 0.0669 e. The summed E-state index contributed by atoms with van der Waals surface area (Å²) in [5.41, 5.74) is 5.65. The normalized spacial score (nSPS) is 22.4. The summed E-state index contributed by atoms with van der Waals surface area (Å²) in [5.74, 6) is 0.906. The van der Waals surface area contributed by atoms with Gasteiger partial charge in [0.1, 0.15) is 0 Å². The van der Waals surface area contributed by atoms with Crippen LogP contribution in [0, 0.1) is 5.92 Å². The molecule has 0 aromatic heterocycles. The largest absolute Gasteiger partial charge is 0.376 e. The average Bonchev–Trinajstić information content (AvgIpc) is 1.98. The van der Waals surface area contributed by atoms with Crippen molar-refractivity contribution in [3.8, 4) is 0 Å². The highest BCUT2D eigenvalue weighted by atomic mass is 16.5. The first-order chi connectivity index (χ1) is 6.20. The summed E-state index contributed by atoms with van der Waals surface area (Å²) in [6.07, 6.45) is 6.41. The second-order valence-electron chi connectivity index (χ2n) is 4.42. The third-order valence-electron chi connectivity index (χ3n) is 3.11. The van der Waals surface area contributed by atoms with Crippen LogP contribution in [-0.4, -0.2) is 18.8 Å². The van der Waals surface area contributed by atoms with Crippen LogP contribution in [0.1, 0.15) is 46.0 Å². The highest BCUT2D eigenvalue weighted by molar-refractivity contribution is 4.83. The summed E-state index contributed by atoms with van der Waals surface area (Å²) in [5, 5.41) is 0. The maximum absolute atomic E-state index is 5.80. The molecular formula is C11H23NO. The molecule has 0 radical (unpaired) electrons. The molecule has 1 aliphatic rings. The van der Waals surface area contributed by atoms with Crippen molar-refractivity contribution in [2.75, 3.05) is 13.2 Å². The quantitative estimate of drug-likeness (QED) is 0.689. The predicted octanol–water partition coefficient (Wildman–Crippen LogP) is 2.32. The summed E-state index contributed by atoms with van der Waals surface area (Å²) >= 11 is 0. The van der Waals surface area contributed by atoms with Crippen LogP contribution in [0.4, 0.5) is 0 Å². The first-order valence-corrected chi connectivity index (χ1v) is 5.54. The minimum atomic E-state index is 0.0502. The maximum Gasteiger partial charge on any atom is 0.0669 e. The molecule has 0 amide bonds. The van der Waals surface area contributed by atoms with Crippen LogP contribution < -0.4 is 5.73 Å². The van der Waals surface area contributed by atoms with Crippen molar-refractivity contribution in [1.29, 1.82) is 0 Å². The monoisotopic (exact) mass is 185 g/mol. The number of hydrogen-bond donors (Lipinski definition) is 1. The van der Waals surface area contributed by atoms with Gasteiger partial charge < -0.3 is 10.5 Å². The molecule has 0 aromatic carbocycles. The van der Waals surface area contributed by atoms with Gasteiger partial charge in [-0.3, -0.25) is 0 Å². The fourth-order valence-electron chi connectivity index (χ4n) is 2.19. The Labute approximate surface area is 81.8 Å². The molecule has 0 heterocycles. The third-order valence-corrected chi connectivity index (χ3v) is 3.11. The second kappa shape index (κ2) is 4.97. The Morgan fingerprint density at radius 2 is 2.15 bits per heavy atom. The summed E-state index contributed by atoms with van der Waals surface area (Å²) in [7, 11) is 0. The first kappa shape index (κ1) is 11.0. The molecule has 1 unspecified atom stereocenters. The standard InChI is InChI=1S/C11H23NO/c1-3-13-11(2,7-8-12)9-10-5-4-6-10/h10H,3-9,12H2,1-2H3. The Hall–Kier alpha value is -0.0800. The maximum atomic E-state index is 5.80. The van der Waals surface area contributed by atoms with Gasteiger partial charge in [0.2, 0.25) is 0 Å². The topological polar surface area (TPSA) is 35.2 Å². The van der Waals surface area contributed by atoms with E-state index < -0.39 is 0 Å². The van der Waals surface area contributed by atoms with Crippen LogP contribution in [0.5, 0.6) is 0 Å². The molecule has 1 aliphatic carbocycles. The van der Waals surface area contributed by atoms with Crippen molar-refractivity contribution in [3.05, 3.63) is 0 Å². The number of hydrogen-bond acceptors (Lipinski definition) is 2. The molecule has 78 valence electrons. The molecule has 1 atom stereocenters. The van der Waals surface area contributed by atoms with E-state index in [0.717, 1.165) is 25.5 Å². The van der Waals surface area contributed by atoms with Crippen molar-refractivity contribution < 1.29 is 4.74 Å². The van der Waals surface area contributed by atoms with E-state index in [2.05, 4.69) is 13.8 Å². The Bertz CT molecular complexity index is 137. The van der Waals surface area contributed by atoms with Gasteiger partial charge >= 0.3 is 0 Å². The number of nitrogens with two attached hydrogens (primary N) is 1. The average molecular weight is 185 g/mol. The third kappa shape index (κ3) is 3.28. The lowest BCUT2D eigenvalue weighted by Gasteiger charge is -2.36. The van der Waals surface area contributed by atoms with E-state index in [1.807, 2.05) is 0 Å². The van der Waals surface area contributed by atoms with Crippen molar-refractivity contribution in [2.45, 2.75) is 51.6 Å². The molecule has 1 fully saturated rings. The van der Waals surface area contributed by atoms with Gasteiger partial charge in [0, 0.05) is 6.61 Å². The molecule has 2 N–H and O–H groups in total. The first-order valence-electron chi connectivity index (χ1n) is 5.54. The van der Waals surface area contributed by atoms with Gasteiger partial charge in [-0.25, -0.2) is 0 Å². The zero-order valence-electron chi connectivity index (χ0n) is 9.01. The summed E-state index contributed by atoms with van der Waals surface area (Å²) in [6.45, 7) is 5.82. The molecular weight excluding hydrogens is 162 g/mol. The van der Waals surface area contributed by atoms with Gasteiger partial charge in [0.25, 0.3) is 0 Å². The highest BCUT2D eigenvalue weighted by Crippen LogP contribution is 2.36. The van der Waals surface area contributed by atoms with Gasteiger partial charge in [0.15, 0.2) is 0 Å². The van der Waals surface area contributed by atoms with E-state index >= 15 is 0 Å². The van der Waals surface area contributed by atoms with Gasteiger partial charge in [-0.1, -0.05) is 19.3 Å². The Morgan fingerprint density at radius 1 is 1.46 bits per heavy atom. The van der Waals surface area contributed by atoms with Crippen molar-refractivity contribution in [1.82, 2.24) is 0 Å². The summed E-state index contributed by atoms with van der Waals surface area (Å²) < 4.78 is 5.80. The lowest BCUT2D eigenvalue weighted by Crippen LogP contribution is -2.35.